The van der Waals surface area contributed by atoms with Gasteiger partial charge in [-0.1, -0.05) is 25.8 Å². The molecule has 1 heterocycles. The van der Waals surface area contributed by atoms with Crippen molar-refractivity contribution < 1.29 is 0 Å². The van der Waals surface area contributed by atoms with Crippen molar-refractivity contribution in [2.24, 2.45) is 0 Å². The van der Waals surface area contributed by atoms with Crippen LogP contribution in [0.5, 0.6) is 0 Å². The number of aromatic nitrogens is 1. The van der Waals surface area contributed by atoms with Crippen molar-refractivity contribution in [3.8, 4) is 0 Å². The first-order chi connectivity index (χ1) is 7.90. The van der Waals surface area contributed by atoms with Crippen LogP contribution in [0.3, 0.4) is 0 Å². The van der Waals surface area contributed by atoms with E-state index in [1.165, 1.54) is 35.7 Å². The molecule has 2 aromatic rings. The summed E-state index contributed by atoms with van der Waals surface area (Å²) in [7, 11) is 0. The van der Waals surface area contributed by atoms with Crippen LogP contribution in [-0.2, 0) is 6.54 Å². The molecule has 0 atom stereocenters. The second-order valence-electron chi connectivity index (χ2n) is 4.28. The molecular formula is C14H21ClN2. The van der Waals surface area contributed by atoms with Gasteiger partial charge in [-0.15, -0.1) is 12.4 Å². The van der Waals surface area contributed by atoms with Gasteiger partial charge >= 0.3 is 0 Å². The lowest BCUT2D eigenvalue weighted by atomic mass is 10.1. The molecule has 0 unspecified atom stereocenters. The molecule has 2 N–H and O–H groups in total. The highest BCUT2D eigenvalue weighted by Crippen LogP contribution is 2.13. The van der Waals surface area contributed by atoms with Crippen molar-refractivity contribution in [3.05, 3.63) is 36.0 Å². The van der Waals surface area contributed by atoms with Crippen molar-refractivity contribution in [3.63, 3.8) is 0 Å². The summed E-state index contributed by atoms with van der Waals surface area (Å²) >= 11 is 0. The fourth-order valence-electron chi connectivity index (χ4n) is 1.95. The molecule has 0 fully saturated rings. The third-order valence-corrected chi connectivity index (χ3v) is 2.90. The van der Waals surface area contributed by atoms with Gasteiger partial charge in [0.25, 0.3) is 0 Å². The molecule has 0 aliphatic heterocycles. The first-order valence-electron chi connectivity index (χ1n) is 6.17. The predicted octanol–water partition coefficient (Wildman–Crippen LogP) is 3.87. The first-order valence-corrected chi connectivity index (χ1v) is 6.17. The third-order valence-electron chi connectivity index (χ3n) is 2.90. The summed E-state index contributed by atoms with van der Waals surface area (Å²) in [6.07, 6.45) is 5.88. The summed E-state index contributed by atoms with van der Waals surface area (Å²) in [5.74, 6) is 0. The van der Waals surface area contributed by atoms with E-state index in [9.17, 15) is 0 Å². The van der Waals surface area contributed by atoms with Gasteiger partial charge < -0.3 is 10.3 Å². The number of aromatic amines is 1. The third kappa shape index (κ3) is 4.06. The van der Waals surface area contributed by atoms with Gasteiger partial charge in [0.1, 0.15) is 0 Å². The molecule has 1 aromatic carbocycles. The number of benzene rings is 1. The average molecular weight is 253 g/mol. The largest absolute Gasteiger partial charge is 0.361 e. The Morgan fingerprint density at radius 1 is 1.18 bits per heavy atom. The van der Waals surface area contributed by atoms with Crippen LogP contribution in [-0.4, -0.2) is 11.5 Å². The minimum atomic E-state index is 0. The van der Waals surface area contributed by atoms with E-state index in [0.29, 0.717) is 0 Å². The summed E-state index contributed by atoms with van der Waals surface area (Å²) in [6, 6.07) is 8.71. The smallest absolute Gasteiger partial charge is 0.0454 e. The molecule has 0 amide bonds. The van der Waals surface area contributed by atoms with Gasteiger partial charge in [-0.2, -0.15) is 0 Å². The fourth-order valence-corrected chi connectivity index (χ4v) is 1.95. The quantitative estimate of drug-likeness (QED) is 0.751. The Morgan fingerprint density at radius 2 is 2.06 bits per heavy atom. The minimum absolute atomic E-state index is 0. The monoisotopic (exact) mass is 252 g/mol. The van der Waals surface area contributed by atoms with Crippen molar-refractivity contribution >= 4 is 23.3 Å². The zero-order chi connectivity index (χ0) is 11.2. The number of hydrogen-bond donors (Lipinski definition) is 2. The van der Waals surface area contributed by atoms with Crippen LogP contribution in [0, 0.1) is 0 Å². The lowest BCUT2D eigenvalue weighted by Crippen LogP contribution is -2.14. The maximum Gasteiger partial charge on any atom is 0.0454 e. The molecule has 3 heteroatoms. The van der Waals surface area contributed by atoms with Crippen LogP contribution in [0.15, 0.2) is 30.5 Å². The number of hydrogen-bond acceptors (Lipinski definition) is 1. The standard InChI is InChI=1S/C14H20N2.ClH/c1-2-3-4-8-15-11-12-5-6-14-13(10-12)7-9-16-14;/h5-7,9-10,15-16H,2-4,8,11H2,1H3;1H. The second-order valence-corrected chi connectivity index (χ2v) is 4.28. The number of nitrogens with one attached hydrogen (secondary N) is 2. The first kappa shape index (κ1) is 14.1. The SMILES string of the molecule is CCCCCNCc1ccc2[nH]ccc2c1.Cl. The molecule has 2 rings (SSSR count). The summed E-state index contributed by atoms with van der Waals surface area (Å²) in [5.41, 5.74) is 2.58. The second kappa shape index (κ2) is 7.36. The molecule has 0 spiro atoms. The highest BCUT2D eigenvalue weighted by atomic mass is 35.5. The number of H-pyrrole nitrogens is 1. The van der Waals surface area contributed by atoms with E-state index in [1.807, 2.05) is 6.20 Å². The van der Waals surface area contributed by atoms with Crippen molar-refractivity contribution in [2.75, 3.05) is 6.54 Å². The number of unbranched alkanes of at least 4 members (excludes halogenated alkanes) is 2. The van der Waals surface area contributed by atoms with E-state index in [1.54, 1.807) is 0 Å². The topological polar surface area (TPSA) is 27.8 Å². The van der Waals surface area contributed by atoms with Crippen molar-refractivity contribution in [2.45, 2.75) is 32.7 Å². The molecule has 0 saturated heterocycles. The van der Waals surface area contributed by atoms with Crippen LogP contribution < -0.4 is 5.32 Å². The number of halogens is 1. The molecule has 0 radical (unpaired) electrons. The number of rotatable bonds is 6. The predicted molar refractivity (Wildman–Crippen MR) is 76.8 cm³/mol. The molecule has 1 aromatic heterocycles. The Labute approximate surface area is 109 Å². The van der Waals surface area contributed by atoms with Gasteiger partial charge in [-0.05, 0) is 42.1 Å². The van der Waals surface area contributed by atoms with Gasteiger partial charge in [0.2, 0.25) is 0 Å². The summed E-state index contributed by atoms with van der Waals surface area (Å²) < 4.78 is 0. The molecule has 0 aliphatic carbocycles. The van der Waals surface area contributed by atoms with Crippen LogP contribution in [0.2, 0.25) is 0 Å². The average Bonchev–Trinajstić information content (AvgIpc) is 2.76. The lowest BCUT2D eigenvalue weighted by molar-refractivity contribution is 0.617. The molecular weight excluding hydrogens is 232 g/mol. The molecule has 94 valence electrons. The van der Waals surface area contributed by atoms with Crippen LogP contribution in [0.4, 0.5) is 0 Å². The minimum Gasteiger partial charge on any atom is -0.361 e. The van der Waals surface area contributed by atoms with Crippen LogP contribution in [0.25, 0.3) is 10.9 Å². The van der Waals surface area contributed by atoms with E-state index in [0.717, 1.165) is 13.1 Å². The normalized spacial score (nSPS) is 10.4. The lowest BCUT2D eigenvalue weighted by Gasteiger charge is -2.04. The summed E-state index contributed by atoms with van der Waals surface area (Å²) in [4.78, 5) is 3.21. The molecule has 0 bridgehead atoms. The summed E-state index contributed by atoms with van der Waals surface area (Å²) in [6.45, 7) is 4.34. The van der Waals surface area contributed by atoms with E-state index in [4.69, 9.17) is 0 Å². The van der Waals surface area contributed by atoms with E-state index in [-0.39, 0.29) is 12.4 Å². The Kier molecular flexibility index (Phi) is 6.09. The Bertz CT molecular complexity index is 436. The maximum absolute atomic E-state index is 3.48. The Balaban J connectivity index is 0.00000144. The van der Waals surface area contributed by atoms with E-state index >= 15 is 0 Å². The van der Waals surface area contributed by atoms with Crippen molar-refractivity contribution in [1.29, 1.82) is 0 Å². The van der Waals surface area contributed by atoms with Crippen LogP contribution in [0.1, 0.15) is 31.7 Å². The van der Waals surface area contributed by atoms with Gasteiger partial charge in [0, 0.05) is 18.3 Å². The maximum atomic E-state index is 3.48. The van der Waals surface area contributed by atoms with Gasteiger partial charge in [-0.3, -0.25) is 0 Å². The highest BCUT2D eigenvalue weighted by Gasteiger charge is 1.96. The molecule has 17 heavy (non-hydrogen) atoms. The Hall–Kier alpha value is -0.990. The van der Waals surface area contributed by atoms with Gasteiger partial charge in [-0.25, -0.2) is 0 Å². The zero-order valence-corrected chi connectivity index (χ0v) is 11.1. The van der Waals surface area contributed by atoms with E-state index < -0.39 is 0 Å². The Morgan fingerprint density at radius 3 is 2.88 bits per heavy atom. The summed E-state index contributed by atoms with van der Waals surface area (Å²) in [5, 5.41) is 4.78. The number of fused-ring (bicyclic) bond motifs is 1. The van der Waals surface area contributed by atoms with E-state index in [2.05, 4.69) is 41.5 Å². The fraction of sp³-hybridized carbons (Fsp3) is 0.429. The van der Waals surface area contributed by atoms with Gasteiger partial charge in [0.15, 0.2) is 0 Å². The molecule has 0 saturated carbocycles. The zero-order valence-electron chi connectivity index (χ0n) is 10.3. The van der Waals surface area contributed by atoms with Crippen molar-refractivity contribution in [1.82, 2.24) is 10.3 Å². The molecule has 0 aliphatic rings. The van der Waals surface area contributed by atoms with Gasteiger partial charge in [0.05, 0.1) is 0 Å². The van der Waals surface area contributed by atoms with Crippen LogP contribution >= 0.6 is 12.4 Å². The highest BCUT2D eigenvalue weighted by molar-refractivity contribution is 5.85. The molecule has 2 nitrogen and oxygen atoms in total.